The van der Waals surface area contributed by atoms with Crippen LogP contribution >= 0.6 is 0 Å². The van der Waals surface area contributed by atoms with Gasteiger partial charge in [0, 0.05) is 36.9 Å². The second-order valence-corrected chi connectivity index (χ2v) is 14.7. The Hall–Kier alpha value is -2.98. The van der Waals surface area contributed by atoms with Gasteiger partial charge in [-0.2, -0.15) is 0 Å². The van der Waals surface area contributed by atoms with Crippen LogP contribution in [0.5, 0.6) is 11.5 Å². The number of benzene rings is 3. The van der Waals surface area contributed by atoms with Crippen LogP contribution in [0.3, 0.4) is 0 Å². The number of aliphatic hydroxyl groups is 3. The smallest absolute Gasteiger partial charge is 0.137 e. The number of nitrogens with zero attached hydrogens (tertiary/aromatic N) is 1. The molecule has 0 spiro atoms. The third kappa shape index (κ3) is 8.24. The molecular formula is C40H55N2O6+. The Morgan fingerprint density at radius 1 is 0.958 bits per heavy atom. The number of quaternary nitrogens is 1. The number of aromatic hydroxyl groups is 1. The van der Waals surface area contributed by atoms with Gasteiger partial charge in [0.2, 0.25) is 0 Å². The van der Waals surface area contributed by atoms with Gasteiger partial charge in [0.05, 0.1) is 32.4 Å². The highest BCUT2D eigenvalue weighted by Gasteiger charge is 2.48. The fourth-order valence-electron chi connectivity index (χ4n) is 8.40. The highest BCUT2D eigenvalue weighted by atomic mass is 16.5. The van der Waals surface area contributed by atoms with Crippen molar-refractivity contribution >= 4 is 0 Å². The number of piperidine rings is 3. The lowest BCUT2D eigenvalue weighted by Gasteiger charge is -2.52. The molecule has 8 heteroatoms. The zero-order valence-corrected chi connectivity index (χ0v) is 28.5. The maximum Gasteiger partial charge on any atom is 0.137 e. The monoisotopic (exact) mass is 659 g/mol. The van der Waals surface area contributed by atoms with Crippen molar-refractivity contribution in [2.24, 2.45) is 11.8 Å². The summed E-state index contributed by atoms with van der Waals surface area (Å²) in [5.74, 6) is 1.75. The van der Waals surface area contributed by atoms with Crippen molar-refractivity contribution in [2.45, 2.75) is 82.3 Å². The number of rotatable bonds is 16. The van der Waals surface area contributed by atoms with Gasteiger partial charge in [-0.25, -0.2) is 0 Å². The standard InChI is InChI=1S/C40H54N2O6/c1-29(41-25-38(45)32-13-16-37(44)33(24-32)27-43)23-30-11-14-36(15-12-30)47-22-21-42-19-17-31(18-20-42)39(26-42)48-28-40(46,35-9-5-6-10-35)34-7-3-2-4-8-34/h2-4,7-8,11-16,24,29,31,35,38-39,41,43,45-46H,5-6,9-10,17-23,25-28H2,1H3/p+1/t29-,31?,38-,39-,40+,42?/m0/s1. The Bertz CT molecular complexity index is 1440. The number of aliphatic hydroxyl groups excluding tert-OH is 2. The largest absolute Gasteiger partial charge is 0.508 e. The Balaban J connectivity index is 0.956. The zero-order chi connectivity index (χ0) is 33.6. The molecule has 1 saturated carbocycles. The van der Waals surface area contributed by atoms with Gasteiger partial charge in [-0.1, -0.05) is 61.4 Å². The second kappa shape index (κ2) is 15.7. The van der Waals surface area contributed by atoms with Crippen LogP contribution in [-0.2, 0) is 23.4 Å². The molecule has 260 valence electrons. The number of fused-ring (bicyclic) bond motifs is 3. The normalized spacial score (nSPS) is 25.1. The van der Waals surface area contributed by atoms with Gasteiger partial charge in [0.1, 0.15) is 42.9 Å². The van der Waals surface area contributed by atoms with Gasteiger partial charge in [0.15, 0.2) is 0 Å². The minimum atomic E-state index is -0.919. The van der Waals surface area contributed by atoms with E-state index >= 15 is 0 Å². The number of phenols is 1. The molecule has 0 aromatic heterocycles. The molecule has 3 aromatic carbocycles. The van der Waals surface area contributed by atoms with Crippen LogP contribution in [0.25, 0.3) is 0 Å². The van der Waals surface area contributed by atoms with E-state index in [1.54, 1.807) is 12.1 Å². The number of nitrogens with one attached hydrogen (secondary N) is 1. The first kappa shape index (κ1) is 34.9. The third-order valence-electron chi connectivity index (χ3n) is 11.5. The number of hydrogen-bond acceptors (Lipinski definition) is 7. The molecule has 3 aromatic rings. The predicted octanol–water partition coefficient (Wildman–Crippen LogP) is 5.22. The minimum Gasteiger partial charge on any atom is -0.508 e. The summed E-state index contributed by atoms with van der Waals surface area (Å²) in [5, 5.41) is 45.2. The summed E-state index contributed by atoms with van der Waals surface area (Å²) < 4.78 is 14.0. The SMILES string of the molecule is C[C@@H](Cc1ccc(OCC[N+]23CCC(CC2)[C@@H](OC[C@@](O)(c2ccccc2)C2CCCC2)C3)cc1)NC[C@H](O)c1ccc(O)c(CO)c1. The van der Waals surface area contributed by atoms with E-state index in [-0.39, 0.29) is 30.4 Å². The summed E-state index contributed by atoms with van der Waals surface area (Å²) in [6, 6.07) is 23.5. The Labute approximate surface area is 285 Å². The molecule has 3 aliphatic heterocycles. The lowest BCUT2D eigenvalue weighted by molar-refractivity contribution is -0.946. The average Bonchev–Trinajstić information content (AvgIpc) is 3.68. The van der Waals surface area contributed by atoms with Crippen LogP contribution in [0, 0.1) is 11.8 Å². The summed E-state index contributed by atoms with van der Waals surface area (Å²) in [5.41, 5.74) is 2.34. The van der Waals surface area contributed by atoms with E-state index in [2.05, 4.69) is 36.5 Å². The molecule has 3 saturated heterocycles. The Morgan fingerprint density at radius 3 is 2.40 bits per heavy atom. The molecule has 0 unspecified atom stereocenters. The molecule has 48 heavy (non-hydrogen) atoms. The molecule has 3 heterocycles. The lowest BCUT2D eigenvalue weighted by atomic mass is 9.80. The molecule has 0 radical (unpaired) electrons. The highest BCUT2D eigenvalue weighted by Crippen LogP contribution is 2.42. The maximum absolute atomic E-state index is 12.0. The van der Waals surface area contributed by atoms with Crippen LogP contribution in [0.15, 0.2) is 72.8 Å². The first-order valence-corrected chi connectivity index (χ1v) is 18.1. The molecule has 1 aliphatic carbocycles. The van der Waals surface area contributed by atoms with Gasteiger partial charge in [-0.15, -0.1) is 0 Å². The molecule has 5 N–H and O–H groups in total. The first-order chi connectivity index (χ1) is 23.3. The quantitative estimate of drug-likeness (QED) is 0.134. The van der Waals surface area contributed by atoms with Gasteiger partial charge >= 0.3 is 0 Å². The van der Waals surface area contributed by atoms with Gasteiger partial charge < -0.3 is 39.7 Å². The van der Waals surface area contributed by atoms with Gasteiger partial charge in [-0.05, 0) is 73.1 Å². The van der Waals surface area contributed by atoms with Crippen molar-refractivity contribution in [3.8, 4) is 11.5 Å². The number of hydrogen-bond donors (Lipinski definition) is 5. The summed E-state index contributed by atoms with van der Waals surface area (Å²) in [6.45, 7) is 7.55. The van der Waals surface area contributed by atoms with Crippen LogP contribution in [-0.4, -0.2) is 83.0 Å². The summed E-state index contributed by atoms with van der Waals surface area (Å²) in [6.07, 6.45) is 7.12. The van der Waals surface area contributed by atoms with Crippen molar-refractivity contribution in [1.29, 1.82) is 0 Å². The van der Waals surface area contributed by atoms with Crippen molar-refractivity contribution in [3.05, 3.63) is 95.1 Å². The number of ether oxygens (including phenoxy) is 2. The van der Waals surface area contributed by atoms with E-state index in [0.29, 0.717) is 36.8 Å². The summed E-state index contributed by atoms with van der Waals surface area (Å²) in [4.78, 5) is 0. The Morgan fingerprint density at radius 2 is 1.69 bits per heavy atom. The van der Waals surface area contributed by atoms with E-state index in [1.165, 1.54) is 50.4 Å². The van der Waals surface area contributed by atoms with Crippen molar-refractivity contribution in [2.75, 3.05) is 45.9 Å². The molecule has 0 amide bonds. The minimum absolute atomic E-state index is 0.0315. The van der Waals surface area contributed by atoms with Crippen LogP contribution in [0.1, 0.15) is 73.8 Å². The topological polar surface area (TPSA) is 111 Å². The van der Waals surface area contributed by atoms with Crippen LogP contribution in [0.4, 0.5) is 0 Å². The molecule has 4 aliphatic rings. The van der Waals surface area contributed by atoms with Crippen LogP contribution in [0.2, 0.25) is 0 Å². The maximum atomic E-state index is 12.0. The molecule has 8 nitrogen and oxygen atoms in total. The van der Waals surface area contributed by atoms with Crippen molar-refractivity contribution in [3.63, 3.8) is 0 Å². The van der Waals surface area contributed by atoms with E-state index in [1.807, 2.05) is 30.3 Å². The summed E-state index contributed by atoms with van der Waals surface area (Å²) in [7, 11) is 0. The average molecular weight is 660 g/mol. The third-order valence-corrected chi connectivity index (χ3v) is 11.5. The van der Waals surface area contributed by atoms with Crippen molar-refractivity contribution in [1.82, 2.24) is 5.32 Å². The van der Waals surface area contributed by atoms with E-state index in [9.17, 15) is 20.4 Å². The zero-order valence-electron chi connectivity index (χ0n) is 28.5. The fraction of sp³-hybridized carbons (Fsp3) is 0.550. The van der Waals surface area contributed by atoms with Crippen LogP contribution < -0.4 is 10.1 Å². The van der Waals surface area contributed by atoms with E-state index in [0.717, 1.165) is 48.1 Å². The highest BCUT2D eigenvalue weighted by molar-refractivity contribution is 5.36. The molecule has 2 bridgehead atoms. The fourth-order valence-corrected chi connectivity index (χ4v) is 8.40. The molecular weight excluding hydrogens is 604 g/mol. The van der Waals surface area contributed by atoms with E-state index in [4.69, 9.17) is 9.47 Å². The summed E-state index contributed by atoms with van der Waals surface area (Å²) >= 11 is 0. The van der Waals surface area contributed by atoms with Crippen molar-refractivity contribution < 1.29 is 34.4 Å². The second-order valence-electron chi connectivity index (χ2n) is 14.7. The lowest BCUT2D eigenvalue weighted by Crippen LogP contribution is -2.65. The molecule has 4 fully saturated rings. The Kier molecular flexibility index (Phi) is 11.4. The molecule has 7 rings (SSSR count). The van der Waals surface area contributed by atoms with Gasteiger partial charge in [0.25, 0.3) is 0 Å². The first-order valence-electron chi connectivity index (χ1n) is 18.1. The van der Waals surface area contributed by atoms with E-state index < -0.39 is 11.7 Å². The predicted molar refractivity (Wildman–Crippen MR) is 187 cm³/mol. The van der Waals surface area contributed by atoms with Gasteiger partial charge in [-0.3, -0.25) is 0 Å². The molecule has 4 atom stereocenters.